The Kier molecular flexibility index (Phi) is 5.43. The van der Waals surface area contributed by atoms with Crippen LogP contribution in [-0.4, -0.2) is 22.9 Å². The molecule has 0 atom stereocenters. The number of Topliss-reactive ketones (excluding diaryl/α,β-unsaturated/α-hetero) is 1. The van der Waals surface area contributed by atoms with Crippen molar-refractivity contribution in [1.29, 1.82) is 0 Å². The van der Waals surface area contributed by atoms with Crippen LogP contribution in [0.15, 0.2) is 52.7 Å². The molecule has 8 heteroatoms. The lowest BCUT2D eigenvalue weighted by Gasteiger charge is -2.01. The van der Waals surface area contributed by atoms with Crippen LogP contribution < -0.4 is 5.32 Å². The number of ketones is 1. The first-order valence-corrected chi connectivity index (χ1v) is 9.44. The Labute approximate surface area is 156 Å². The Balaban J connectivity index is 1.81. The SMILES string of the molecule is CSc1sc(NC(=O)C(=O)c2ccc(F)cc2)nc1-c1ccc(F)cc1. The van der Waals surface area contributed by atoms with Crippen LogP contribution in [0.1, 0.15) is 10.4 Å². The number of nitrogens with one attached hydrogen (secondary N) is 1. The zero-order valence-corrected chi connectivity index (χ0v) is 15.1. The lowest BCUT2D eigenvalue weighted by molar-refractivity contribution is -0.112. The number of hydrogen-bond acceptors (Lipinski definition) is 5. The predicted molar refractivity (Wildman–Crippen MR) is 98.6 cm³/mol. The van der Waals surface area contributed by atoms with Crippen LogP contribution in [0.4, 0.5) is 13.9 Å². The molecule has 26 heavy (non-hydrogen) atoms. The molecular weight excluding hydrogens is 378 g/mol. The van der Waals surface area contributed by atoms with Gasteiger partial charge in [0.15, 0.2) is 5.13 Å². The van der Waals surface area contributed by atoms with Gasteiger partial charge >= 0.3 is 0 Å². The Morgan fingerprint density at radius 2 is 1.58 bits per heavy atom. The van der Waals surface area contributed by atoms with E-state index in [0.29, 0.717) is 11.3 Å². The molecule has 1 heterocycles. The molecule has 0 aliphatic rings. The molecule has 3 rings (SSSR count). The molecule has 0 unspecified atom stereocenters. The molecule has 0 aliphatic carbocycles. The van der Waals surface area contributed by atoms with Crippen LogP contribution in [-0.2, 0) is 4.79 Å². The summed E-state index contributed by atoms with van der Waals surface area (Å²) >= 11 is 2.65. The van der Waals surface area contributed by atoms with E-state index < -0.39 is 17.5 Å². The monoisotopic (exact) mass is 390 g/mol. The van der Waals surface area contributed by atoms with E-state index in [2.05, 4.69) is 10.3 Å². The molecule has 132 valence electrons. The van der Waals surface area contributed by atoms with Crippen molar-refractivity contribution in [3.63, 3.8) is 0 Å². The zero-order valence-electron chi connectivity index (χ0n) is 13.5. The Morgan fingerprint density at radius 3 is 2.15 bits per heavy atom. The molecular formula is C18H12F2N2O2S2. The fourth-order valence-electron chi connectivity index (χ4n) is 2.17. The molecule has 2 aromatic carbocycles. The molecule has 4 nitrogen and oxygen atoms in total. The molecule has 0 spiro atoms. The standard InChI is InChI=1S/C18H12F2N2O2S2/c1-25-17-14(10-2-6-12(19)7-3-10)21-18(26-17)22-16(24)15(23)11-4-8-13(20)9-5-11/h2-9H,1H3,(H,21,22,24). The lowest BCUT2D eigenvalue weighted by Crippen LogP contribution is -2.22. The number of rotatable bonds is 5. The van der Waals surface area contributed by atoms with E-state index in [9.17, 15) is 18.4 Å². The number of amides is 1. The van der Waals surface area contributed by atoms with Gasteiger partial charge in [0.25, 0.3) is 11.7 Å². The van der Waals surface area contributed by atoms with E-state index in [-0.39, 0.29) is 16.5 Å². The first kappa shape index (κ1) is 18.2. The average Bonchev–Trinajstić information content (AvgIpc) is 3.05. The van der Waals surface area contributed by atoms with Gasteiger partial charge in [-0.2, -0.15) is 0 Å². The van der Waals surface area contributed by atoms with Crippen molar-refractivity contribution in [3.8, 4) is 11.3 Å². The molecule has 0 bridgehead atoms. The van der Waals surface area contributed by atoms with Crippen molar-refractivity contribution < 1.29 is 18.4 Å². The smallest absolute Gasteiger partial charge is 0.295 e. The number of carbonyl (C=O) groups excluding carboxylic acids is 2. The van der Waals surface area contributed by atoms with Crippen LogP contribution in [0, 0.1) is 11.6 Å². The van der Waals surface area contributed by atoms with Gasteiger partial charge in [0.2, 0.25) is 0 Å². The third-order valence-electron chi connectivity index (χ3n) is 3.43. The third kappa shape index (κ3) is 3.97. The number of hydrogen-bond donors (Lipinski definition) is 1. The number of thioether (sulfide) groups is 1. The van der Waals surface area contributed by atoms with Crippen LogP contribution >= 0.6 is 23.1 Å². The summed E-state index contributed by atoms with van der Waals surface area (Å²) in [6.07, 6.45) is 1.86. The molecule has 3 aromatic rings. The first-order valence-electron chi connectivity index (χ1n) is 7.40. The predicted octanol–water partition coefficient (Wildman–Crippen LogP) is 4.63. The van der Waals surface area contributed by atoms with Gasteiger partial charge in [-0.3, -0.25) is 14.9 Å². The molecule has 0 saturated carbocycles. The fraction of sp³-hybridized carbons (Fsp3) is 0.0556. The molecule has 0 aliphatic heterocycles. The van der Waals surface area contributed by atoms with Crippen LogP contribution in [0.5, 0.6) is 0 Å². The molecule has 0 saturated heterocycles. The average molecular weight is 390 g/mol. The highest BCUT2D eigenvalue weighted by Gasteiger charge is 2.20. The number of halogens is 2. The topological polar surface area (TPSA) is 59.1 Å². The van der Waals surface area contributed by atoms with Gasteiger partial charge in [0, 0.05) is 11.1 Å². The maximum atomic E-state index is 13.1. The van der Waals surface area contributed by atoms with Gasteiger partial charge in [-0.1, -0.05) is 11.3 Å². The summed E-state index contributed by atoms with van der Waals surface area (Å²) in [7, 11) is 0. The van der Waals surface area contributed by atoms with Gasteiger partial charge in [0.1, 0.15) is 11.6 Å². The van der Waals surface area contributed by atoms with Crippen LogP contribution in [0.2, 0.25) is 0 Å². The second kappa shape index (κ2) is 7.76. The number of nitrogens with zero attached hydrogens (tertiary/aromatic N) is 1. The summed E-state index contributed by atoms with van der Waals surface area (Å²) in [6.45, 7) is 0. The zero-order chi connectivity index (χ0) is 18.7. The second-order valence-electron chi connectivity index (χ2n) is 5.16. The Bertz CT molecular complexity index is 954. The summed E-state index contributed by atoms with van der Waals surface area (Å²) in [5.41, 5.74) is 1.40. The summed E-state index contributed by atoms with van der Waals surface area (Å²) in [5, 5.41) is 2.73. The normalized spacial score (nSPS) is 10.6. The van der Waals surface area contributed by atoms with Crippen molar-refractivity contribution in [3.05, 3.63) is 65.7 Å². The first-order chi connectivity index (χ1) is 12.5. The molecule has 1 N–H and O–H groups in total. The maximum Gasteiger partial charge on any atom is 0.298 e. The Hall–Kier alpha value is -2.58. The van der Waals surface area contributed by atoms with E-state index in [1.165, 1.54) is 47.4 Å². The fourth-order valence-corrected chi connectivity index (χ4v) is 3.82. The highest BCUT2D eigenvalue weighted by atomic mass is 32.2. The van der Waals surface area contributed by atoms with Crippen molar-refractivity contribution in [2.45, 2.75) is 4.21 Å². The van der Waals surface area contributed by atoms with Gasteiger partial charge in [0.05, 0.1) is 9.90 Å². The number of carbonyl (C=O) groups is 2. The quantitative estimate of drug-likeness (QED) is 0.392. The number of thiazole rings is 1. The van der Waals surface area contributed by atoms with Crippen molar-refractivity contribution in [2.75, 3.05) is 11.6 Å². The van der Waals surface area contributed by atoms with Gasteiger partial charge in [-0.15, -0.1) is 11.8 Å². The largest absolute Gasteiger partial charge is 0.298 e. The minimum atomic E-state index is -0.858. The molecule has 0 fully saturated rings. The van der Waals surface area contributed by atoms with E-state index in [4.69, 9.17) is 0 Å². The van der Waals surface area contributed by atoms with E-state index in [1.807, 2.05) is 6.26 Å². The van der Waals surface area contributed by atoms with Gasteiger partial charge in [-0.05, 0) is 54.8 Å². The summed E-state index contributed by atoms with van der Waals surface area (Å²) in [4.78, 5) is 28.6. The van der Waals surface area contributed by atoms with Crippen molar-refractivity contribution in [2.24, 2.45) is 0 Å². The number of anilines is 1. The van der Waals surface area contributed by atoms with Crippen LogP contribution in [0.3, 0.4) is 0 Å². The second-order valence-corrected chi connectivity index (χ2v) is 7.23. The molecule has 1 aromatic heterocycles. The summed E-state index contributed by atoms with van der Waals surface area (Å²) < 4.78 is 26.8. The van der Waals surface area contributed by atoms with E-state index in [1.54, 1.807) is 12.1 Å². The number of benzene rings is 2. The highest BCUT2D eigenvalue weighted by molar-refractivity contribution is 8.00. The third-order valence-corrected chi connectivity index (χ3v) is 5.51. The minimum Gasteiger partial charge on any atom is -0.295 e. The van der Waals surface area contributed by atoms with Gasteiger partial charge < -0.3 is 0 Å². The van der Waals surface area contributed by atoms with Crippen LogP contribution in [0.25, 0.3) is 11.3 Å². The maximum absolute atomic E-state index is 13.1. The van der Waals surface area contributed by atoms with Crippen molar-refractivity contribution >= 4 is 39.9 Å². The summed E-state index contributed by atoms with van der Waals surface area (Å²) in [5.74, 6) is -2.48. The molecule has 0 radical (unpaired) electrons. The van der Waals surface area contributed by atoms with Gasteiger partial charge in [-0.25, -0.2) is 13.8 Å². The summed E-state index contributed by atoms with van der Waals surface area (Å²) in [6, 6.07) is 10.6. The molecule has 1 amide bonds. The minimum absolute atomic E-state index is 0.0873. The lowest BCUT2D eigenvalue weighted by atomic mass is 10.1. The number of aromatic nitrogens is 1. The van der Waals surface area contributed by atoms with Crippen molar-refractivity contribution in [1.82, 2.24) is 4.98 Å². The van der Waals surface area contributed by atoms with E-state index >= 15 is 0 Å². The highest BCUT2D eigenvalue weighted by Crippen LogP contribution is 2.37. The van der Waals surface area contributed by atoms with E-state index in [0.717, 1.165) is 16.3 Å². The Morgan fingerprint density at radius 1 is 1.00 bits per heavy atom.